The lowest BCUT2D eigenvalue weighted by atomic mass is 9.85. The molecule has 1 aliphatic carbocycles. The largest absolute Gasteiger partial charge is 0.524 e. The zero-order chi connectivity index (χ0) is 18.3. The number of nitriles is 1. The second-order valence-electron chi connectivity index (χ2n) is 7.74. The van der Waals surface area contributed by atoms with Crippen LogP contribution in [0.5, 0.6) is 5.88 Å². The molecule has 3 rings (SSSR count). The topological polar surface area (TPSA) is 64.4 Å². The van der Waals surface area contributed by atoms with Crippen LogP contribution in [0, 0.1) is 16.7 Å². The fourth-order valence-electron chi connectivity index (χ4n) is 2.58. The Morgan fingerprint density at radius 1 is 1.32 bits per heavy atom. The molecule has 0 atom stereocenters. The molecule has 0 radical (unpaired) electrons. The summed E-state index contributed by atoms with van der Waals surface area (Å²) >= 11 is 0. The molecular weight excluding hydrogens is 322 g/mol. The molecule has 2 aliphatic rings. The fourth-order valence-corrected chi connectivity index (χ4v) is 2.58. The molecule has 1 aliphatic heterocycles. The minimum Gasteiger partial charge on any atom is -0.477 e. The molecule has 0 spiro atoms. The van der Waals surface area contributed by atoms with Crippen LogP contribution in [0.25, 0.3) is 0 Å². The number of ether oxygens (including phenoxy) is 1. The standard InChI is InChI=1S/C18H22BFN2O3/c1-16(2)17(3,4)25-19(24-16)14(20)10-18(8-9-18)12-23-15-7-5-6-13(11-21)22-15/h5-7,10H,8-9,12H2,1-4H3. The third kappa shape index (κ3) is 3.70. The number of aromatic nitrogens is 1. The summed E-state index contributed by atoms with van der Waals surface area (Å²) in [6.45, 7) is 7.88. The van der Waals surface area contributed by atoms with Crippen LogP contribution in [0.15, 0.2) is 30.0 Å². The Labute approximate surface area is 147 Å². The van der Waals surface area contributed by atoms with Gasteiger partial charge in [-0.25, -0.2) is 9.37 Å². The molecule has 0 amide bonds. The highest BCUT2D eigenvalue weighted by atomic mass is 19.1. The first-order valence-electron chi connectivity index (χ1n) is 8.40. The Kier molecular flexibility index (Phi) is 4.38. The monoisotopic (exact) mass is 344 g/mol. The van der Waals surface area contributed by atoms with Gasteiger partial charge in [0.15, 0.2) is 0 Å². The van der Waals surface area contributed by atoms with Crippen LogP contribution in [0.3, 0.4) is 0 Å². The summed E-state index contributed by atoms with van der Waals surface area (Å²) < 4.78 is 31.8. The van der Waals surface area contributed by atoms with Crippen molar-refractivity contribution in [3.63, 3.8) is 0 Å². The fraction of sp³-hybridized carbons (Fsp3) is 0.556. The maximum absolute atomic E-state index is 14.7. The van der Waals surface area contributed by atoms with Crippen LogP contribution in [0.1, 0.15) is 46.2 Å². The van der Waals surface area contributed by atoms with E-state index in [-0.39, 0.29) is 5.41 Å². The summed E-state index contributed by atoms with van der Waals surface area (Å²) in [5.74, 6) is 0.370. The van der Waals surface area contributed by atoms with E-state index in [9.17, 15) is 4.39 Å². The first-order chi connectivity index (χ1) is 11.7. The molecule has 2 heterocycles. The lowest BCUT2D eigenvalue weighted by molar-refractivity contribution is 0.00578. The molecule has 5 nitrogen and oxygen atoms in total. The van der Waals surface area contributed by atoms with E-state index in [1.54, 1.807) is 24.3 Å². The van der Waals surface area contributed by atoms with E-state index in [2.05, 4.69) is 4.98 Å². The second-order valence-corrected chi connectivity index (χ2v) is 7.74. The van der Waals surface area contributed by atoms with Crippen molar-refractivity contribution in [1.29, 1.82) is 5.26 Å². The summed E-state index contributed by atoms with van der Waals surface area (Å²) in [5, 5.41) is 8.87. The molecule has 7 heteroatoms. The third-order valence-electron chi connectivity index (χ3n) is 5.16. The summed E-state index contributed by atoms with van der Waals surface area (Å²) in [4.78, 5) is 4.07. The van der Waals surface area contributed by atoms with Crippen LogP contribution in [0.2, 0.25) is 0 Å². The quantitative estimate of drug-likeness (QED) is 0.764. The zero-order valence-electron chi connectivity index (χ0n) is 15.0. The van der Waals surface area contributed by atoms with Crippen LogP contribution < -0.4 is 4.74 Å². The van der Waals surface area contributed by atoms with Crippen molar-refractivity contribution in [3.8, 4) is 11.9 Å². The highest BCUT2D eigenvalue weighted by Crippen LogP contribution is 2.49. The van der Waals surface area contributed by atoms with Crippen LogP contribution in [0.4, 0.5) is 4.39 Å². The van der Waals surface area contributed by atoms with Gasteiger partial charge in [0.1, 0.15) is 17.5 Å². The van der Waals surface area contributed by atoms with E-state index in [0.717, 1.165) is 12.8 Å². The molecule has 1 saturated carbocycles. The Balaban J connectivity index is 1.65. The first-order valence-corrected chi connectivity index (χ1v) is 8.40. The van der Waals surface area contributed by atoms with Gasteiger partial charge >= 0.3 is 7.12 Å². The molecule has 132 valence electrons. The molecule has 0 N–H and O–H groups in total. The van der Waals surface area contributed by atoms with E-state index in [1.165, 1.54) is 0 Å². The average Bonchev–Trinajstić information content (AvgIpc) is 3.27. The minimum atomic E-state index is -0.984. The van der Waals surface area contributed by atoms with Gasteiger partial charge in [-0.15, -0.1) is 0 Å². The van der Waals surface area contributed by atoms with E-state index in [4.69, 9.17) is 19.3 Å². The van der Waals surface area contributed by atoms with E-state index in [1.807, 2.05) is 33.8 Å². The van der Waals surface area contributed by atoms with Crippen LogP contribution in [-0.2, 0) is 9.31 Å². The lowest BCUT2D eigenvalue weighted by Crippen LogP contribution is -2.41. The maximum atomic E-state index is 14.7. The van der Waals surface area contributed by atoms with Crippen molar-refractivity contribution in [2.45, 2.75) is 51.7 Å². The van der Waals surface area contributed by atoms with Crippen molar-refractivity contribution in [1.82, 2.24) is 4.98 Å². The highest BCUT2D eigenvalue weighted by molar-refractivity contribution is 6.53. The smallest absolute Gasteiger partial charge is 0.477 e. The van der Waals surface area contributed by atoms with E-state index < -0.39 is 24.0 Å². The Morgan fingerprint density at radius 3 is 2.52 bits per heavy atom. The Bertz CT molecular complexity index is 722. The number of hydrogen-bond acceptors (Lipinski definition) is 5. The molecular formula is C18H22BFN2O3. The number of rotatable bonds is 5. The normalized spacial score (nSPS) is 23.2. The van der Waals surface area contributed by atoms with E-state index >= 15 is 0 Å². The number of nitrogens with zero attached hydrogens (tertiary/aromatic N) is 2. The van der Waals surface area contributed by atoms with Gasteiger partial charge in [0.2, 0.25) is 5.88 Å². The van der Waals surface area contributed by atoms with Gasteiger partial charge in [0.05, 0.1) is 17.8 Å². The summed E-state index contributed by atoms with van der Waals surface area (Å²) in [7, 11) is -0.984. The van der Waals surface area contributed by atoms with Gasteiger partial charge in [-0.1, -0.05) is 6.07 Å². The molecule has 0 unspecified atom stereocenters. The SMILES string of the molecule is CC1(C)OB(C(F)=CC2(COc3cccc(C#N)n3)CC2)OC1(C)C. The van der Waals surface area contributed by atoms with Crippen LogP contribution >= 0.6 is 0 Å². The summed E-state index contributed by atoms with van der Waals surface area (Å²) in [5.41, 5.74) is -1.63. The first kappa shape index (κ1) is 17.9. The Hall–Kier alpha value is -1.91. The third-order valence-corrected chi connectivity index (χ3v) is 5.16. The lowest BCUT2D eigenvalue weighted by Gasteiger charge is -2.32. The molecule has 1 aromatic heterocycles. The van der Waals surface area contributed by atoms with Gasteiger partial charge in [0.25, 0.3) is 0 Å². The van der Waals surface area contributed by atoms with Crippen molar-refractivity contribution < 1.29 is 18.4 Å². The molecule has 1 aromatic rings. The Morgan fingerprint density at radius 2 is 1.96 bits per heavy atom. The van der Waals surface area contributed by atoms with Gasteiger partial charge in [-0.2, -0.15) is 5.26 Å². The maximum Gasteiger partial charge on any atom is 0.524 e. The zero-order valence-corrected chi connectivity index (χ0v) is 15.0. The second kappa shape index (κ2) is 6.12. The predicted octanol–water partition coefficient (Wildman–Crippen LogP) is 3.60. The van der Waals surface area contributed by atoms with Crippen molar-refractivity contribution in [2.24, 2.45) is 5.41 Å². The van der Waals surface area contributed by atoms with E-state index in [0.29, 0.717) is 18.2 Å². The predicted molar refractivity (Wildman–Crippen MR) is 91.4 cm³/mol. The number of halogens is 1. The summed E-state index contributed by atoms with van der Waals surface area (Å²) in [6, 6.07) is 6.97. The average molecular weight is 344 g/mol. The van der Waals surface area contributed by atoms with Crippen LogP contribution in [-0.4, -0.2) is 29.9 Å². The molecule has 25 heavy (non-hydrogen) atoms. The molecule has 2 fully saturated rings. The number of hydrogen-bond donors (Lipinski definition) is 0. The summed E-state index contributed by atoms with van der Waals surface area (Å²) in [6.07, 6.45) is 3.22. The van der Waals surface area contributed by atoms with Gasteiger partial charge in [-0.3, -0.25) is 0 Å². The van der Waals surface area contributed by atoms with Gasteiger partial charge in [0, 0.05) is 11.5 Å². The highest BCUT2D eigenvalue weighted by Gasteiger charge is 2.54. The number of pyridine rings is 1. The van der Waals surface area contributed by atoms with Crippen molar-refractivity contribution >= 4 is 7.12 Å². The molecule has 0 bridgehead atoms. The van der Waals surface area contributed by atoms with Gasteiger partial charge in [-0.05, 0) is 52.7 Å². The minimum absolute atomic E-state index is 0.293. The molecule has 0 aromatic carbocycles. The van der Waals surface area contributed by atoms with Crippen molar-refractivity contribution in [3.05, 3.63) is 35.7 Å². The van der Waals surface area contributed by atoms with Gasteiger partial charge < -0.3 is 14.0 Å². The van der Waals surface area contributed by atoms with Crippen molar-refractivity contribution in [2.75, 3.05) is 6.61 Å². The molecule has 1 saturated heterocycles.